The fraction of sp³-hybridized carbons (Fsp3) is 0.118. The molecule has 9 heteroatoms. The van der Waals surface area contributed by atoms with Crippen molar-refractivity contribution in [1.29, 1.82) is 0 Å². The van der Waals surface area contributed by atoms with Gasteiger partial charge < -0.3 is 14.8 Å². The Labute approximate surface area is 155 Å². The van der Waals surface area contributed by atoms with Crippen LogP contribution in [0.15, 0.2) is 35.7 Å². The van der Waals surface area contributed by atoms with Crippen molar-refractivity contribution in [3.63, 3.8) is 0 Å². The van der Waals surface area contributed by atoms with Crippen LogP contribution in [-0.2, 0) is 14.3 Å². The van der Waals surface area contributed by atoms with Gasteiger partial charge in [0.1, 0.15) is 15.6 Å². The van der Waals surface area contributed by atoms with Crippen LogP contribution >= 0.6 is 22.7 Å². The lowest BCUT2D eigenvalue weighted by Crippen LogP contribution is -2.21. The Balaban J connectivity index is 1.62. The average Bonchev–Trinajstić information content (AvgIpc) is 3.26. The van der Waals surface area contributed by atoms with Crippen LogP contribution in [0.4, 0.5) is 10.1 Å². The second-order valence-corrected chi connectivity index (χ2v) is 7.04. The molecule has 2 heterocycles. The lowest BCUT2D eigenvalue weighted by Gasteiger charge is -2.06. The molecular weight excluding hydrogens is 381 g/mol. The van der Waals surface area contributed by atoms with Crippen LogP contribution in [0.25, 0.3) is 10.1 Å². The Morgan fingerprint density at radius 2 is 2.00 bits per heavy atom. The van der Waals surface area contributed by atoms with Crippen molar-refractivity contribution >= 4 is 56.3 Å². The van der Waals surface area contributed by atoms with Crippen LogP contribution in [0.3, 0.4) is 0 Å². The minimum absolute atomic E-state index is 0.198. The molecule has 134 valence electrons. The van der Waals surface area contributed by atoms with Crippen LogP contribution in [0.1, 0.15) is 19.3 Å². The number of halogens is 1. The number of carbonyl (C=O) groups is 3. The molecule has 0 atom stereocenters. The second kappa shape index (κ2) is 7.63. The number of rotatable bonds is 5. The first-order chi connectivity index (χ1) is 12.5. The third kappa shape index (κ3) is 3.73. The van der Waals surface area contributed by atoms with E-state index in [0.717, 1.165) is 22.7 Å². The van der Waals surface area contributed by atoms with Gasteiger partial charge in [-0.1, -0.05) is 6.07 Å². The van der Waals surface area contributed by atoms with Gasteiger partial charge in [-0.05, 0) is 29.6 Å². The van der Waals surface area contributed by atoms with Gasteiger partial charge in [-0.2, -0.15) is 0 Å². The molecule has 1 aromatic carbocycles. The summed E-state index contributed by atoms with van der Waals surface area (Å²) in [4.78, 5) is 36.0. The summed E-state index contributed by atoms with van der Waals surface area (Å²) in [6, 6.07) is 7.49. The Morgan fingerprint density at radius 1 is 1.19 bits per heavy atom. The topological polar surface area (TPSA) is 81.7 Å². The third-order valence-corrected chi connectivity index (χ3v) is 5.33. The third-order valence-electron chi connectivity index (χ3n) is 3.35. The fourth-order valence-corrected chi connectivity index (χ4v) is 3.91. The maximum absolute atomic E-state index is 13.7. The molecular formula is C17H12FNO5S2. The first kappa shape index (κ1) is 18.0. The maximum Gasteiger partial charge on any atom is 0.350 e. The molecule has 3 aromatic rings. The van der Waals surface area contributed by atoms with Crippen LogP contribution in [0.2, 0.25) is 0 Å². The lowest BCUT2D eigenvalue weighted by atomic mass is 10.2. The number of ether oxygens (including phenoxy) is 2. The molecule has 1 N–H and O–H groups in total. The molecule has 0 bridgehead atoms. The number of fused-ring (bicyclic) bond motifs is 1. The summed E-state index contributed by atoms with van der Waals surface area (Å²) in [5, 5.41) is 4.44. The molecule has 0 spiro atoms. The Kier molecular flexibility index (Phi) is 5.29. The smallest absolute Gasteiger partial charge is 0.350 e. The molecule has 0 aliphatic rings. The van der Waals surface area contributed by atoms with Crippen molar-refractivity contribution in [1.82, 2.24) is 0 Å². The van der Waals surface area contributed by atoms with Gasteiger partial charge in [0.25, 0.3) is 5.91 Å². The molecule has 1 amide bonds. The molecule has 0 fully saturated rings. The highest BCUT2D eigenvalue weighted by Crippen LogP contribution is 2.28. The van der Waals surface area contributed by atoms with Crippen molar-refractivity contribution in [2.75, 3.05) is 19.0 Å². The minimum Gasteiger partial charge on any atom is -0.465 e. The molecule has 0 saturated heterocycles. The van der Waals surface area contributed by atoms with E-state index >= 15 is 0 Å². The average molecular weight is 393 g/mol. The molecule has 6 nitrogen and oxygen atoms in total. The summed E-state index contributed by atoms with van der Waals surface area (Å²) in [7, 11) is 1.24. The first-order valence-corrected chi connectivity index (χ1v) is 9.00. The quantitative estimate of drug-likeness (QED) is 0.669. The number of nitrogens with one attached hydrogen (secondary N) is 1. The summed E-state index contributed by atoms with van der Waals surface area (Å²) in [6.45, 7) is -0.536. The van der Waals surface area contributed by atoms with Gasteiger partial charge in [-0.3, -0.25) is 4.79 Å². The van der Waals surface area contributed by atoms with Gasteiger partial charge in [0.05, 0.1) is 12.8 Å². The van der Waals surface area contributed by atoms with Gasteiger partial charge in [0, 0.05) is 10.1 Å². The van der Waals surface area contributed by atoms with E-state index in [4.69, 9.17) is 4.74 Å². The van der Waals surface area contributed by atoms with Gasteiger partial charge in [0.2, 0.25) is 0 Å². The predicted molar refractivity (Wildman–Crippen MR) is 96.4 cm³/mol. The number of esters is 2. The Bertz CT molecular complexity index is 994. The maximum atomic E-state index is 13.7. The number of carbonyl (C=O) groups excluding carboxylic acids is 3. The summed E-state index contributed by atoms with van der Waals surface area (Å²) < 4.78 is 23.9. The second-order valence-electron chi connectivity index (χ2n) is 5.04. The van der Waals surface area contributed by atoms with Gasteiger partial charge >= 0.3 is 11.9 Å². The van der Waals surface area contributed by atoms with E-state index in [0.29, 0.717) is 10.1 Å². The summed E-state index contributed by atoms with van der Waals surface area (Å²) >= 11 is 2.20. The lowest BCUT2D eigenvalue weighted by molar-refractivity contribution is -0.119. The number of thiophene rings is 2. The first-order valence-electron chi connectivity index (χ1n) is 7.30. The van der Waals surface area contributed by atoms with Crippen LogP contribution in [0.5, 0.6) is 0 Å². The highest BCUT2D eigenvalue weighted by atomic mass is 32.1. The minimum atomic E-state index is -0.723. The normalized spacial score (nSPS) is 10.5. The predicted octanol–water partition coefficient (Wildman–Crippen LogP) is 3.68. The fourth-order valence-electron chi connectivity index (χ4n) is 2.17. The van der Waals surface area contributed by atoms with Crippen molar-refractivity contribution < 1.29 is 28.2 Å². The molecule has 0 unspecified atom stereocenters. The van der Waals surface area contributed by atoms with Gasteiger partial charge in [-0.25, -0.2) is 14.0 Å². The van der Waals surface area contributed by atoms with Gasteiger partial charge in [0.15, 0.2) is 6.61 Å². The zero-order chi connectivity index (χ0) is 18.7. The largest absolute Gasteiger partial charge is 0.465 e. The van der Waals surface area contributed by atoms with Crippen molar-refractivity contribution in [3.8, 4) is 0 Å². The number of amides is 1. The van der Waals surface area contributed by atoms with E-state index in [1.165, 1.54) is 19.2 Å². The number of methoxy groups -OCH3 is 1. The zero-order valence-corrected chi connectivity index (χ0v) is 15.0. The zero-order valence-electron chi connectivity index (χ0n) is 13.4. The molecule has 0 radical (unpaired) electrons. The van der Waals surface area contributed by atoms with E-state index in [1.807, 2.05) is 0 Å². The van der Waals surface area contributed by atoms with E-state index in [-0.39, 0.29) is 15.4 Å². The standard InChI is InChI=1S/C17H12FNO5S2/c1-23-17(22)15-11(5-6-25-15)19-14(20)8-24-16(21)13-7-9-10(18)3-2-4-12(9)26-13/h2-7H,8H2,1H3,(H,19,20). The molecule has 3 rings (SSSR count). The monoisotopic (exact) mass is 393 g/mol. The number of hydrogen-bond acceptors (Lipinski definition) is 7. The summed E-state index contributed by atoms with van der Waals surface area (Å²) in [5.41, 5.74) is 0.284. The highest BCUT2D eigenvalue weighted by Gasteiger charge is 2.18. The SMILES string of the molecule is COC(=O)c1sccc1NC(=O)COC(=O)c1cc2c(F)cccc2s1. The van der Waals surface area contributed by atoms with E-state index in [9.17, 15) is 18.8 Å². The van der Waals surface area contributed by atoms with Crippen LogP contribution in [0, 0.1) is 5.82 Å². The number of anilines is 1. The molecule has 0 saturated carbocycles. The number of hydrogen-bond donors (Lipinski definition) is 1. The number of benzene rings is 1. The summed E-state index contributed by atoms with van der Waals surface area (Å²) in [6.07, 6.45) is 0. The molecule has 0 aliphatic carbocycles. The van der Waals surface area contributed by atoms with Crippen molar-refractivity contribution in [2.45, 2.75) is 0 Å². The van der Waals surface area contributed by atoms with Crippen LogP contribution < -0.4 is 5.32 Å². The van der Waals surface area contributed by atoms with Crippen LogP contribution in [-0.4, -0.2) is 31.6 Å². The highest BCUT2D eigenvalue weighted by molar-refractivity contribution is 7.20. The Morgan fingerprint density at radius 3 is 2.73 bits per heavy atom. The van der Waals surface area contributed by atoms with Crippen molar-refractivity contribution in [3.05, 3.63) is 51.3 Å². The molecule has 0 aliphatic heterocycles. The van der Waals surface area contributed by atoms with E-state index < -0.39 is 30.3 Å². The van der Waals surface area contributed by atoms with Crippen molar-refractivity contribution in [2.24, 2.45) is 0 Å². The Hall–Kier alpha value is -2.78. The van der Waals surface area contributed by atoms with E-state index in [1.54, 1.807) is 23.6 Å². The summed E-state index contributed by atoms with van der Waals surface area (Å²) in [5.74, 6) is -2.32. The molecule has 26 heavy (non-hydrogen) atoms. The van der Waals surface area contributed by atoms with Gasteiger partial charge in [-0.15, -0.1) is 22.7 Å². The van der Waals surface area contributed by atoms with E-state index in [2.05, 4.69) is 10.1 Å². The molecule has 2 aromatic heterocycles.